The number of amides is 1. The Labute approximate surface area is 168 Å². The zero-order valence-electron chi connectivity index (χ0n) is 16.2. The summed E-state index contributed by atoms with van der Waals surface area (Å²) in [6.07, 6.45) is 13.7. The average Bonchev–Trinajstić information content (AvgIpc) is 3.22. The molecular formula is C21H22N6O2. The summed E-state index contributed by atoms with van der Waals surface area (Å²) in [7, 11) is 0. The first-order valence-corrected chi connectivity index (χ1v) is 9.44. The first-order chi connectivity index (χ1) is 14.2. The first-order valence-electron chi connectivity index (χ1n) is 9.44. The van der Waals surface area contributed by atoms with Gasteiger partial charge in [-0.15, -0.1) is 0 Å². The number of rotatable bonds is 4. The van der Waals surface area contributed by atoms with Gasteiger partial charge >= 0.3 is 0 Å². The van der Waals surface area contributed by atoms with Crippen molar-refractivity contribution in [3.63, 3.8) is 0 Å². The quantitative estimate of drug-likeness (QED) is 0.591. The first kappa shape index (κ1) is 18.9. The van der Waals surface area contributed by atoms with Gasteiger partial charge in [0.05, 0.1) is 18.8 Å². The van der Waals surface area contributed by atoms with Crippen molar-refractivity contribution in [1.82, 2.24) is 24.5 Å². The number of fused-ring (bicyclic) bond motifs is 1. The van der Waals surface area contributed by atoms with E-state index in [1.807, 2.05) is 37.3 Å². The van der Waals surface area contributed by atoms with Gasteiger partial charge in [-0.2, -0.15) is 14.6 Å². The molecule has 148 valence electrons. The second-order valence-electron chi connectivity index (χ2n) is 6.85. The third kappa shape index (κ3) is 4.07. The van der Waals surface area contributed by atoms with Gasteiger partial charge in [-0.05, 0) is 37.8 Å². The fourth-order valence-electron chi connectivity index (χ4n) is 3.39. The van der Waals surface area contributed by atoms with E-state index in [1.165, 1.54) is 6.33 Å². The number of hydrogen-bond donors (Lipinski definition) is 0. The van der Waals surface area contributed by atoms with Crippen LogP contribution in [0.2, 0.25) is 0 Å². The Morgan fingerprint density at radius 1 is 1.41 bits per heavy atom. The van der Waals surface area contributed by atoms with Crippen LogP contribution in [0.5, 0.6) is 0 Å². The molecule has 2 aliphatic rings. The third-order valence-electron chi connectivity index (χ3n) is 4.85. The van der Waals surface area contributed by atoms with Crippen LogP contribution >= 0.6 is 0 Å². The van der Waals surface area contributed by atoms with Crippen molar-refractivity contribution in [1.29, 1.82) is 0 Å². The number of aryl methyl sites for hydroxylation is 1. The molecule has 1 fully saturated rings. The standard InChI is InChI=1S/C21H22N6O2/c1-15-12-18(27-21(25-15)23-14-24-27)19-13-26(10-11-29-19)20(28)17(22-2)9-8-16-6-4-3-5-7-16/h3-6,8-9,12,14,19H,2,7,10-11,13H2,1H3/b16-8-,17-9-. The fraction of sp³-hybridized carbons (Fsp3) is 0.286. The number of nitrogens with zero attached hydrogens (tertiary/aromatic N) is 6. The van der Waals surface area contributed by atoms with Crippen LogP contribution in [0.4, 0.5) is 0 Å². The maximum Gasteiger partial charge on any atom is 0.272 e. The fourth-order valence-corrected chi connectivity index (χ4v) is 3.39. The highest BCUT2D eigenvalue weighted by molar-refractivity contribution is 5.94. The van der Waals surface area contributed by atoms with Gasteiger partial charge in [0.25, 0.3) is 11.7 Å². The van der Waals surface area contributed by atoms with Gasteiger partial charge in [0.2, 0.25) is 0 Å². The Balaban J connectivity index is 1.55. The summed E-state index contributed by atoms with van der Waals surface area (Å²) in [5.41, 5.74) is 3.07. The lowest BCUT2D eigenvalue weighted by atomic mass is 10.1. The van der Waals surface area contributed by atoms with Crippen LogP contribution in [0.1, 0.15) is 23.9 Å². The van der Waals surface area contributed by atoms with E-state index in [1.54, 1.807) is 15.5 Å². The van der Waals surface area contributed by atoms with Crippen LogP contribution in [-0.2, 0) is 9.53 Å². The van der Waals surface area contributed by atoms with Crippen molar-refractivity contribution in [2.45, 2.75) is 19.4 Å². The lowest BCUT2D eigenvalue weighted by Gasteiger charge is -2.33. The summed E-state index contributed by atoms with van der Waals surface area (Å²) in [5.74, 6) is 0.350. The van der Waals surface area contributed by atoms with E-state index in [0.717, 1.165) is 23.4 Å². The number of hydrogen-bond acceptors (Lipinski definition) is 6. The predicted molar refractivity (Wildman–Crippen MR) is 109 cm³/mol. The highest BCUT2D eigenvalue weighted by atomic mass is 16.5. The normalized spacial score (nSPS) is 21.1. The molecule has 0 radical (unpaired) electrons. The summed E-state index contributed by atoms with van der Waals surface area (Å²) in [6, 6.07) is 1.91. The average molecular weight is 390 g/mol. The maximum atomic E-state index is 13.0. The van der Waals surface area contributed by atoms with E-state index in [-0.39, 0.29) is 12.0 Å². The molecule has 1 aliphatic heterocycles. The molecular weight excluding hydrogens is 368 g/mol. The molecule has 0 spiro atoms. The number of allylic oxidation sites excluding steroid dienone is 7. The van der Waals surface area contributed by atoms with Gasteiger partial charge < -0.3 is 9.64 Å². The van der Waals surface area contributed by atoms with Crippen molar-refractivity contribution in [2.24, 2.45) is 4.99 Å². The number of carbonyl (C=O) groups is 1. The van der Waals surface area contributed by atoms with Crippen molar-refractivity contribution >= 4 is 18.4 Å². The molecule has 3 heterocycles. The Kier molecular flexibility index (Phi) is 5.44. The molecule has 1 aliphatic carbocycles. The molecule has 1 saturated heterocycles. The molecule has 0 N–H and O–H groups in total. The van der Waals surface area contributed by atoms with E-state index >= 15 is 0 Å². The van der Waals surface area contributed by atoms with Gasteiger partial charge in [0.1, 0.15) is 18.1 Å². The van der Waals surface area contributed by atoms with Crippen LogP contribution in [0, 0.1) is 6.92 Å². The summed E-state index contributed by atoms with van der Waals surface area (Å²) in [6.45, 7) is 6.78. The minimum atomic E-state index is -0.325. The number of aliphatic imine (C=N–C) groups is 1. The lowest BCUT2D eigenvalue weighted by Crippen LogP contribution is -2.43. The van der Waals surface area contributed by atoms with Crippen molar-refractivity contribution < 1.29 is 9.53 Å². The molecule has 1 atom stereocenters. The zero-order valence-corrected chi connectivity index (χ0v) is 16.2. The van der Waals surface area contributed by atoms with Crippen LogP contribution in [-0.4, -0.2) is 56.8 Å². The van der Waals surface area contributed by atoms with E-state index in [0.29, 0.717) is 31.2 Å². The van der Waals surface area contributed by atoms with Crippen molar-refractivity contribution in [3.05, 3.63) is 71.5 Å². The highest BCUT2D eigenvalue weighted by Gasteiger charge is 2.29. The zero-order chi connectivity index (χ0) is 20.2. The summed E-state index contributed by atoms with van der Waals surface area (Å²) < 4.78 is 7.60. The van der Waals surface area contributed by atoms with E-state index < -0.39 is 0 Å². The summed E-state index contributed by atoms with van der Waals surface area (Å²) in [5, 5.41) is 4.24. The predicted octanol–water partition coefficient (Wildman–Crippen LogP) is 2.36. The van der Waals surface area contributed by atoms with Crippen LogP contribution in [0.3, 0.4) is 0 Å². The van der Waals surface area contributed by atoms with E-state index in [2.05, 4.69) is 32.9 Å². The smallest absolute Gasteiger partial charge is 0.272 e. The molecule has 2 aromatic heterocycles. The number of aromatic nitrogens is 4. The second kappa shape index (κ2) is 8.32. The second-order valence-corrected chi connectivity index (χ2v) is 6.85. The maximum absolute atomic E-state index is 13.0. The van der Waals surface area contributed by atoms with E-state index in [9.17, 15) is 4.79 Å². The molecule has 8 heteroatoms. The molecule has 2 aromatic rings. The monoisotopic (exact) mass is 390 g/mol. The van der Waals surface area contributed by atoms with Crippen LogP contribution in [0.15, 0.2) is 65.1 Å². The molecule has 0 aromatic carbocycles. The Morgan fingerprint density at radius 3 is 3.10 bits per heavy atom. The minimum Gasteiger partial charge on any atom is -0.368 e. The molecule has 1 amide bonds. The highest BCUT2D eigenvalue weighted by Crippen LogP contribution is 2.24. The van der Waals surface area contributed by atoms with Crippen molar-refractivity contribution in [2.75, 3.05) is 19.7 Å². The molecule has 8 nitrogen and oxygen atoms in total. The molecule has 29 heavy (non-hydrogen) atoms. The van der Waals surface area contributed by atoms with Gasteiger partial charge in [0.15, 0.2) is 0 Å². The Morgan fingerprint density at radius 2 is 2.31 bits per heavy atom. The molecule has 0 saturated carbocycles. The summed E-state index contributed by atoms with van der Waals surface area (Å²) >= 11 is 0. The lowest BCUT2D eigenvalue weighted by molar-refractivity contribution is -0.135. The SMILES string of the molecule is C=N/C(=C\C=C1\C=CC=CC1)C(=O)N1CCOC(c2cc(C)nc3ncnn23)C1. The number of ether oxygens (including phenoxy) is 1. The summed E-state index contributed by atoms with van der Waals surface area (Å²) in [4.78, 5) is 27.2. The van der Waals surface area contributed by atoms with Gasteiger partial charge in [-0.25, -0.2) is 4.98 Å². The Hall–Kier alpha value is -3.39. The molecule has 1 unspecified atom stereocenters. The van der Waals surface area contributed by atoms with Crippen molar-refractivity contribution in [3.8, 4) is 0 Å². The topological polar surface area (TPSA) is 85.0 Å². The number of carbonyl (C=O) groups excluding carboxylic acids is 1. The minimum absolute atomic E-state index is 0.166. The number of morpholine rings is 1. The van der Waals surface area contributed by atoms with Gasteiger partial charge in [-0.3, -0.25) is 9.79 Å². The van der Waals surface area contributed by atoms with E-state index in [4.69, 9.17) is 4.74 Å². The third-order valence-corrected chi connectivity index (χ3v) is 4.85. The largest absolute Gasteiger partial charge is 0.368 e. The van der Waals surface area contributed by atoms with Crippen LogP contribution in [0.25, 0.3) is 5.78 Å². The van der Waals surface area contributed by atoms with Gasteiger partial charge in [0, 0.05) is 12.2 Å². The Bertz CT molecular complexity index is 1060. The van der Waals surface area contributed by atoms with Crippen LogP contribution < -0.4 is 0 Å². The van der Waals surface area contributed by atoms with Gasteiger partial charge in [-0.1, -0.05) is 30.4 Å². The molecule has 4 rings (SSSR count). The molecule has 0 bridgehead atoms.